The summed E-state index contributed by atoms with van der Waals surface area (Å²) in [5, 5.41) is 11.6. The Labute approximate surface area is 81.4 Å². The number of hydrogen-bond donors (Lipinski definition) is 1. The maximum Gasteiger partial charge on any atom is 0.303 e. The van der Waals surface area contributed by atoms with Gasteiger partial charge < -0.3 is 5.11 Å². The molecule has 0 aliphatic carbocycles. The highest BCUT2D eigenvalue weighted by molar-refractivity contribution is 7.09. The number of aliphatic carboxylic acids is 1. The molecule has 0 bridgehead atoms. The van der Waals surface area contributed by atoms with Gasteiger partial charge in [0.1, 0.15) is 0 Å². The molecular weight excluding hydrogens is 186 g/mol. The highest BCUT2D eigenvalue weighted by atomic mass is 32.1. The predicted molar refractivity (Wildman–Crippen MR) is 51.9 cm³/mol. The lowest BCUT2D eigenvalue weighted by Crippen LogP contribution is -2.19. The van der Waals surface area contributed by atoms with Crippen LogP contribution in [0.2, 0.25) is 0 Å². The smallest absolute Gasteiger partial charge is 0.303 e. The largest absolute Gasteiger partial charge is 0.481 e. The van der Waals surface area contributed by atoms with E-state index in [1.54, 1.807) is 17.5 Å². The Kier molecular flexibility index (Phi) is 3.03. The fourth-order valence-electron chi connectivity index (χ4n) is 1.22. The van der Waals surface area contributed by atoms with Crippen molar-refractivity contribution in [3.63, 3.8) is 0 Å². The molecule has 3 nitrogen and oxygen atoms in total. The van der Waals surface area contributed by atoms with Crippen LogP contribution in [-0.4, -0.2) is 16.1 Å². The number of carboxylic acid groups (broad SMARTS) is 1. The second kappa shape index (κ2) is 3.87. The quantitative estimate of drug-likeness (QED) is 0.808. The molecule has 0 saturated carbocycles. The molecule has 4 heteroatoms. The van der Waals surface area contributed by atoms with Crippen molar-refractivity contribution >= 4 is 17.3 Å². The van der Waals surface area contributed by atoms with Gasteiger partial charge in [-0.3, -0.25) is 4.79 Å². The number of hydrogen-bond acceptors (Lipinski definition) is 3. The van der Waals surface area contributed by atoms with E-state index in [-0.39, 0.29) is 11.8 Å². The van der Waals surface area contributed by atoms with Crippen LogP contribution in [0.1, 0.15) is 25.3 Å². The molecule has 1 heterocycles. The number of carboxylic acids is 1. The van der Waals surface area contributed by atoms with Crippen LogP contribution in [-0.2, 0) is 11.2 Å². The molecule has 0 atom stereocenters. The molecule has 0 aliphatic heterocycles. The topological polar surface area (TPSA) is 50.2 Å². The first-order chi connectivity index (χ1) is 5.99. The van der Waals surface area contributed by atoms with Gasteiger partial charge in [-0.1, -0.05) is 13.8 Å². The normalized spacial score (nSPS) is 11.5. The van der Waals surface area contributed by atoms with Gasteiger partial charge in [0.05, 0.1) is 11.4 Å². The molecule has 0 aliphatic rings. The fourth-order valence-corrected chi connectivity index (χ4v) is 2.10. The molecule has 0 radical (unpaired) electrons. The van der Waals surface area contributed by atoms with E-state index in [2.05, 4.69) is 4.98 Å². The van der Waals surface area contributed by atoms with Crippen LogP contribution in [0, 0.1) is 5.41 Å². The van der Waals surface area contributed by atoms with Crippen LogP contribution in [0.5, 0.6) is 0 Å². The first-order valence-electron chi connectivity index (χ1n) is 4.10. The molecule has 1 aromatic heterocycles. The van der Waals surface area contributed by atoms with Crippen molar-refractivity contribution in [2.45, 2.75) is 26.7 Å². The van der Waals surface area contributed by atoms with Crippen LogP contribution in [0.15, 0.2) is 11.6 Å². The van der Waals surface area contributed by atoms with Gasteiger partial charge in [-0.15, -0.1) is 11.3 Å². The van der Waals surface area contributed by atoms with Crippen LogP contribution >= 0.6 is 11.3 Å². The van der Waals surface area contributed by atoms with E-state index in [0.29, 0.717) is 0 Å². The lowest BCUT2D eigenvalue weighted by atomic mass is 9.86. The minimum absolute atomic E-state index is 0.187. The van der Waals surface area contributed by atoms with Crippen molar-refractivity contribution in [1.29, 1.82) is 0 Å². The van der Waals surface area contributed by atoms with Gasteiger partial charge in [0.2, 0.25) is 0 Å². The molecule has 0 spiro atoms. The average Bonchev–Trinajstić information content (AvgIpc) is 2.34. The zero-order chi connectivity index (χ0) is 9.90. The van der Waals surface area contributed by atoms with Gasteiger partial charge in [-0.25, -0.2) is 4.98 Å². The molecule has 72 valence electrons. The minimum atomic E-state index is -0.749. The van der Waals surface area contributed by atoms with Crippen LogP contribution in [0.4, 0.5) is 0 Å². The van der Waals surface area contributed by atoms with E-state index in [4.69, 9.17) is 5.11 Å². The van der Waals surface area contributed by atoms with E-state index in [1.807, 2.05) is 19.2 Å². The molecular formula is C9H13NO2S. The number of carbonyl (C=O) groups is 1. The third kappa shape index (κ3) is 3.55. The van der Waals surface area contributed by atoms with E-state index in [1.165, 1.54) is 0 Å². The van der Waals surface area contributed by atoms with Gasteiger partial charge in [0, 0.05) is 18.0 Å². The molecule has 1 aromatic rings. The van der Waals surface area contributed by atoms with Crippen molar-refractivity contribution in [2.24, 2.45) is 5.41 Å². The number of nitrogens with zero attached hydrogens (tertiary/aromatic N) is 1. The number of aromatic nitrogens is 1. The summed E-state index contributed by atoms with van der Waals surface area (Å²) in [6.45, 7) is 3.89. The highest BCUT2D eigenvalue weighted by Gasteiger charge is 2.23. The first kappa shape index (κ1) is 10.2. The maximum atomic E-state index is 10.5. The molecule has 0 aromatic carbocycles. The lowest BCUT2D eigenvalue weighted by Gasteiger charge is -2.20. The maximum absolute atomic E-state index is 10.5. The molecule has 0 amide bonds. The standard InChI is InChI=1S/C9H13NO2S/c1-9(2,6-8(11)12)5-7-10-3-4-13-7/h3-4H,5-6H2,1-2H3,(H,11,12). The predicted octanol–water partition coefficient (Wildman–Crippen LogP) is 2.19. The molecule has 13 heavy (non-hydrogen) atoms. The van der Waals surface area contributed by atoms with Gasteiger partial charge in [-0.05, 0) is 5.41 Å². The van der Waals surface area contributed by atoms with Crippen molar-refractivity contribution in [3.05, 3.63) is 16.6 Å². The van der Waals surface area contributed by atoms with Crippen LogP contribution in [0.3, 0.4) is 0 Å². The summed E-state index contributed by atoms with van der Waals surface area (Å²) in [6, 6.07) is 0. The second-order valence-corrected chi connectivity index (χ2v) is 4.82. The Balaban J connectivity index is 2.56. The van der Waals surface area contributed by atoms with Crippen molar-refractivity contribution in [2.75, 3.05) is 0 Å². The average molecular weight is 199 g/mol. The zero-order valence-electron chi connectivity index (χ0n) is 7.78. The summed E-state index contributed by atoms with van der Waals surface area (Å²) < 4.78 is 0. The summed E-state index contributed by atoms with van der Waals surface area (Å²) >= 11 is 1.57. The monoisotopic (exact) mass is 199 g/mol. The van der Waals surface area contributed by atoms with Gasteiger partial charge in [0.15, 0.2) is 0 Å². The van der Waals surface area contributed by atoms with Crippen molar-refractivity contribution in [3.8, 4) is 0 Å². The summed E-state index contributed by atoms with van der Waals surface area (Å²) in [6.07, 6.45) is 2.67. The van der Waals surface area contributed by atoms with E-state index < -0.39 is 5.97 Å². The Morgan fingerprint density at radius 2 is 2.38 bits per heavy atom. The Morgan fingerprint density at radius 1 is 1.69 bits per heavy atom. The highest BCUT2D eigenvalue weighted by Crippen LogP contribution is 2.26. The third-order valence-electron chi connectivity index (χ3n) is 1.74. The Bertz CT molecular complexity index is 280. The Hall–Kier alpha value is -0.900. The summed E-state index contributed by atoms with van der Waals surface area (Å²) in [4.78, 5) is 14.7. The summed E-state index contributed by atoms with van der Waals surface area (Å²) in [5.41, 5.74) is -0.205. The van der Waals surface area contributed by atoms with Crippen LogP contribution in [0.25, 0.3) is 0 Å². The van der Waals surface area contributed by atoms with Crippen molar-refractivity contribution in [1.82, 2.24) is 4.98 Å². The van der Waals surface area contributed by atoms with Gasteiger partial charge in [0.25, 0.3) is 0 Å². The van der Waals surface area contributed by atoms with Gasteiger partial charge >= 0.3 is 5.97 Å². The first-order valence-corrected chi connectivity index (χ1v) is 4.98. The van der Waals surface area contributed by atoms with Crippen LogP contribution < -0.4 is 0 Å². The summed E-state index contributed by atoms with van der Waals surface area (Å²) in [5.74, 6) is -0.749. The van der Waals surface area contributed by atoms with Crippen molar-refractivity contribution < 1.29 is 9.90 Å². The zero-order valence-corrected chi connectivity index (χ0v) is 8.60. The lowest BCUT2D eigenvalue weighted by molar-refractivity contribution is -0.139. The van der Waals surface area contributed by atoms with Gasteiger partial charge in [-0.2, -0.15) is 0 Å². The SMILES string of the molecule is CC(C)(CC(=O)O)Cc1nccs1. The molecule has 0 saturated heterocycles. The number of rotatable bonds is 4. The molecule has 1 rings (SSSR count). The molecule has 0 unspecified atom stereocenters. The fraction of sp³-hybridized carbons (Fsp3) is 0.556. The molecule has 1 N–H and O–H groups in total. The summed E-state index contributed by atoms with van der Waals surface area (Å²) in [7, 11) is 0. The molecule has 0 fully saturated rings. The third-order valence-corrected chi connectivity index (χ3v) is 2.52. The number of thiazole rings is 1. The van der Waals surface area contributed by atoms with E-state index in [9.17, 15) is 4.79 Å². The van der Waals surface area contributed by atoms with E-state index >= 15 is 0 Å². The minimum Gasteiger partial charge on any atom is -0.481 e. The Morgan fingerprint density at radius 3 is 2.85 bits per heavy atom. The second-order valence-electron chi connectivity index (χ2n) is 3.84. The van der Waals surface area contributed by atoms with E-state index in [0.717, 1.165) is 11.4 Å².